The van der Waals surface area contributed by atoms with E-state index in [-0.39, 0.29) is 12.5 Å². The second-order valence-electron chi connectivity index (χ2n) is 6.97. The molecule has 0 radical (unpaired) electrons. The molecular formula is C21H20N4O3. The third-order valence-corrected chi connectivity index (χ3v) is 4.62. The van der Waals surface area contributed by atoms with Crippen LogP contribution in [0.15, 0.2) is 64.3 Å². The second-order valence-corrected chi connectivity index (χ2v) is 6.97. The lowest BCUT2D eigenvalue weighted by atomic mass is 9.95. The van der Waals surface area contributed by atoms with Gasteiger partial charge in [0.05, 0.1) is 12.3 Å². The van der Waals surface area contributed by atoms with Gasteiger partial charge in [-0.1, -0.05) is 58.3 Å². The Morgan fingerprint density at radius 3 is 2.61 bits per heavy atom. The molecule has 0 saturated heterocycles. The van der Waals surface area contributed by atoms with Crippen LogP contribution in [0.3, 0.4) is 0 Å². The number of aryl methyl sites for hydroxylation is 1. The molecular weight excluding hydrogens is 356 g/mol. The number of nitrogens with one attached hydrogen (secondary N) is 1. The van der Waals surface area contributed by atoms with E-state index in [0.29, 0.717) is 18.1 Å². The van der Waals surface area contributed by atoms with Crippen molar-refractivity contribution in [1.29, 1.82) is 0 Å². The minimum absolute atomic E-state index is 0.147. The number of rotatable bonds is 5. The van der Waals surface area contributed by atoms with Crippen molar-refractivity contribution < 1.29 is 14.2 Å². The van der Waals surface area contributed by atoms with E-state index in [4.69, 9.17) is 9.36 Å². The lowest BCUT2D eigenvalue weighted by Gasteiger charge is -2.19. The summed E-state index contributed by atoms with van der Waals surface area (Å²) in [6, 6.07) is 17.5. The van der Waals surface area contributed by atoms with Crippen molar-refractivity contribution in [2.24, 2.45) is 5.16 Å². The van der Waals surface area contributed by atoms with Gasteiger partial charge in [-0.15, -0.1) is 0 Å². The largest absolute Gasteiger partial charge is 0.379 e. The molecule has 1 N–H and O–H groups in total. The Morgan fingerprint density at radius 1 is 1.11 bits per heavy atom. The molecule has 1 amide bonds. The number of hydrogen-bond donors (Lipinski definition) is 1. The maximum absolute atomic E-state index is 12.6. The Kier molecular flexibility index (Phi) is 4.65. The number of carbonyl (C=O) groups is 1. The predicted octanol–water partition coefficient (Wildman–Crippen LogP) is 3.24. The third kappa shape index (κ3) is 3.64. The summed E-state index contributed by atoms with van der Waals surface area (Å²) in [5.74, 6) is 0.542. The van der Waals surface area contributed by atoms with Crippen LogP contribution in [0.2, 0.25) is 0 Å². The standard InChI is InChI=1S/C21H20N4O3/c1-14-8-10-16(11-9-14)19-23-18(25-27-19)13-22-20(26)21(2)12-17(24-28-21)15-6-4-3-5-7-15/h3-11H,12-13H2,1-2H3,(H,22,26). The number of oxime groups is 1. The molecule has 7 nitrogen and oxygen atoms in total. The van der Waals surface area contributed by atoms with Crippen molar-refractivity contribution in [2.75, 3.05) is 0 Å². The van der Waals surface area contributed by atoms with Gasteiger partial charge in [0.2, 0.25) is 5.60 Å². The average Bonchev–Trinajstić information content (AvgIpc) is 3.35. The summed E-state index contributed by atoms with van der Waals surface area (Å²) in [7, 11) is 0. The van der Waals surface area contributed by atoms with Crippen molar-refractivity contribution in [3.8, 4) is 11.5 Å². The molecule has 0 saturated carbocycles. The average molecular weight is 376 g/mol. The van der Waals surface area contributed by atoms with Gasteiger partial charge in [-0.3, -0.25) is 4.79 Å². The fraction of sp³-hybridized carbons (Fsp3) is 0.238. The molecule has 0 aliphatic carbocycles. The highest BCUT2D eigenvalue weighted by atomic mass is 16.7. The maximum atomic E-state index is 12.6. The number of benzene rings is 2. The Hall–Kier alpha value is -3.48. The summed E-state index contributed by atoms with van der Waals surface area (Å²) in [5, 5.41) is 10.8. The first-order valence-electron chi connectivity index (χ1n) is 9.02. The minimum Gasteiger partial charge on any atom is -0.379 e. The Morgan fingerprint density at radius 2 is 1.86 bits per heavy atom. The van der Waals surface area contributed by atoms with Gasteiger partial charge in [-0.2, -0.15) is 4.98 Å². The molecule has 0 bridgehead atoms. The van der Waals surface area contributed by atoms with Gasteiger partial charge in [-0.25, -0.2) is 0 Å². The molecule has 28 heavy (non-hydrogen) atoms. The fourth-order valence-corrected chi connectivity index (χ4v) is 2.93. The molecule has 1 unspecified atom stereocenters. The van der Waals surface area contributed by atoms with Crippen LogP contribution in [-0.2, 0) is 16.2 Å². The fourth-order valence-electron chi connectivity index (χ4n) is 2.93. The monoisotopic (exact) mass is 376 g/mol. The first-order valence-corrected chi connectivity index (χ1v) is 9.02. The first-order chi connectivity index (χ1) is 13.5. The van der Waals surface area contributed by atoms with E-state index < -0.39 is 5.60 Å². The molecule has 7 heteroatoms. The molecule has 1 aliphatic heterocycles. The van der Waals surface area contributed by atoms with Crippen LogP contribution in [0.25, 0.3) is 11.5 Å². The Labute approximate surface area is 162 Å². The van der Waals surface area contributed by atoms with E-state index >= 15 is 0 Å². The van der Waals surface area contributed by atoms with Crippen molar-refractivity contribution >= 4 is 11.6 Å². The predicted molar refractivity (Wildman–Crippen MR) is 103 cm³/mol. The third-order valence-electron chi connectivity index (χ3n) is 4.62. The van der Waals surface area contributed by atoms with E-state index in [0.717, 1.165) is 22.4 Å². The van der Waals surface area contributed by atoms with Gasteiger partial charge >= 0.3 is 0 Å². The molecule has 0 fully saturated rings. The Balaban J connectivity index is 1.37. The van der Waals surface area contributed by atoms with Crippen LogP contribution >= 0.6 is 0 Å². The van der Waals surface area contributed by atoms with E-state index in [1.807, 2.05) is 61.5 Å². The molecule has 1 atom stereocenters. The molecule has 1 aliphatic rings. The number of aromatic nitrogens is 2. The highest BCUT2D eigenvalue weighted by molar-refractivity contribution is 6.05. The maximum Gasteiger partial charge on any atom is 0.267 e. The normalized spacial score (nSPS) is 18.4. The Bertz CT molecular complexity index is 1010. The number of nitrogens with zero attached hydrogens (tertiary/aromatic N) is 3. The summed E-state index contributed by atoms with van der Waals surface area (Å²) in [4.78, 5) is 22.4. The molecule has 142 valence electrons. The zero-order chi connectivity index (χ0) is 19.6. The summed E-state index contributed by atoms with van der Waals surface area (Å²) in [5.41, 5.74) is 2.62. The van der Waals surface area contributed by atoms with Gasteiger partial charge in [0.15, 0.2) is 5.82 Å². The lowest BCUT2D eigenvalue weighted by molar-refractivity contribution is -0.141. The van der Waals surface area contributed by atoms with E-state index in [1.165, 1.54) is 0 Å². The zero-order valence-corrected chi connectivity index (χ0v) is 15.7. The van der Waals surface area contributed by atoms with E-state index in [2.05, 4.69) is 20.6 Å². The van der Waals surface area contributed by atoms with Crippen LogP contribution in [0.5, 0.6) is 0 Å². The molecule has 4 rings (SSSR count). The molecule has 0 spiro atoms. The summed E-state index contributed by atoms with van der Waals surface area (Å²) in [6.07, 6.45) is 0.393. The van der Waals surface area contributed by atoms with Gasteiger partial charge in [0.25, 0.3) is 11.8 Å². The van der Waals surface area contributed by atoms with Crippen LogP contribution in [0, 0.1) is 6.92 Å². The van der Waals surface area contributed by atoms with E-state index in [9.17, 15) is 4.79 Å². The number of hydrogen-bond acceptors (Lipinski definition) is 6. The van der Waals surface area contributed by atoms with Crippen LogP contribution in [0.4, 0.5) is 0 Å². The lowest BCUT2D eigenvalue weighted by Crippen LogP contribution is -2.44. The molecule has 3 aromatic rings. The number of carbonyl (C=O) groups excluding carboxylic acids is 1. The van der Waals surface area contributed by atoms with Crippen molar-refractivity contribution in [3.63, 3.8) is 0 Å². The SMILES string of the molecule is Cc1ccc(-c2nc(CNC(=O)C3(C)CC(c4ccccc4)=NO3)no2)cc1. The topological polar surface area (TPSA) is 89.6 Å². The summed E-state index contributed by atoms with van der Waals surface area (Å²) >= 11 is 0. The summed E-state index contributed by atoms with van der Waals surface area (Å²) < 4.78 is 5.28. The van der Waals surface area contributed by atoms with Gasteiger partial charge in [0, 0.05) is 12.0 Å². The zero-order valence-electron chi connectivity index (χ0n) is 15.7. The van der Waals surface area contributed by atoms with E-state index in [1.54, 1.807) is 6.92 Å². The van der Waals surface area contributed by atoms with Crippen LogP contribution in [-0.4, -0.2) is 27.4 Å². The molecule has 2 heterocycles. The van der Waals surface area contributed by atoms with Gasteiger partial charge in [-0.05, 0) is 31.5 Å². The van der Waals surface area contributed by atoms with Crippen molar-refractivity contribution in [2.45, 2.75) is 32.4 Å². The van der Waals surface area contributed by atoms with Gasteiger partial charge < -0.3 is 14.7 Å². The smallest absolute Gasteiger partial charge is 0.267 e. The minimum atomic E-state index is -1.06. The first kappa shape index (κ1) is 17.9. The number of amides is 1. The van der Waals surface area contributed by atoms with Crippen LogP contribution in [0.1, 0.15) is 30.3 Å². The molecule has 1 aromatic heterocycles. The second kappa shape index (κ2) is 7.26. The highest BCUT2D eigenvalue weighted by Crippen LogP contribution is 2.27. The van der Waals surface area contributed by atoms with Crippen LogP contribution < -0.4 is 5.32 Å². The van der Waals surface area contributed by atoms with Gasteiger partial charge in [0.1, 0.15) is 0 Å². The van der Waals surface area contributed by atoms with Crippen molar-refractivity contribution in [1.82, 2.24) is 15.5 Å². The molecule has 2 aromatic carbocycles. The quantitative estimate of drug-likeness (QED) is 0.738. The highest BCUT2D eigenvalue weighted by Gasteiger charge is 2.42. The summed E-state index contributed by atoms with van der Waals surface area (Å²) in [6.45, 7) is 3.88. The van der Waals surface area contributed by atoms with Crippen molar-refractivity contribution in [3.05, 3.63) is 71.5 Å².